The van der Waals surface area contributed by atoms with Crippen LogP contribution in [-0.2, 0) is 17.9 Å². The topological polar surface area (TPSA) is 73.0 Å². The highest BCUT2D eigenvalue weighted by Crippen LogP contribution is 2.28. The lowest BCUT2D eigenvalue weighted by Gasteiger charge is -2.22. The zero-order valence-electron chi connectivity index (χ0n) is 15.2. The lowest BCUT2D eigenvalue weighted by molar-refractivity contribution is -0.133. The third kappa shape index (κ3) is 3.81. The first-order chi connectivity index (χ1) is 13.1. The van der Waals surface area contributed by atoms with E-state index in [2.05, 4.69) is 10.4 Å². The first-order valence-electron chi connectivity index (χ1n) is 9.05. The van der Waals surface area contributed by atoms with Gasteiger partial charge in [-0.15, -0.1) is 0 Å². The molecular weight excluding hydrogens is 342 g/mol. The standard InChI is InChI=1S/C20H21N5O2/c1-15-7-9-16(10-8-15)13-23(17-11-12-17)19(26)14-24-20(27)25(22-21-24)18-5-3-2-4-6-18/h2-10,17H,11-14H2,1H3. The SMILES string of the molecule is Cc1ccc(CN(C(=O)Cn2nnn(-c3ccccc3)c2=O)C2CC2)cc1. The van der Waals surface area contributed by atoms with E-state index >= 15 is 0 Å². The van der Waals surface area contributed by atoms with E-state index < -0.39 is 5.69 Å². The Hall–Kier alpha value is -3.22. The van der Waals surface area contributed by atoms with Crippen LogP contribution in [0.3, 0.4) is 0 Å². The second-order valence-electron chi connectivity index (χ2n) is 6.90. The molecule has 27 heavy (non-hydrogen) atoms. The molecule has 1 saturated carbocycles. The number of nitrogens with zero attached hydrogens (tertiary/aromatic N) is 5. The summed E-state index contributed by atoms with van der Waals surface area (Å²) in [7, 11) is 0. The predicted octanol–water partition coefficient (Wildman–Crippen LogP) is 1.93. The highest BCUT2D eigenvalue weighted by molar-refractivity contribution is 5.76. The molecule has 0 unspecified atom stereocenters. The van der Waals surface area contributed by atoms with E-state index in [1.807, 2.05) is 54.3 Å². The number of aryl methyl sites for hydroxylation is 1. The van der Waals surface area contributed by atoms with Crippen molar-refractivity contribution in [3.8, 4) is 5.69 Å². The van der Waals surface area contributed by atoms with Gasteiger partial charge in [-0.25, -0.2) is 4.79 Å². The maximum Gasteiger partial charge on any atom is 0.368 e. The van der Waals surface area contributed by atoms with Crippen molar-refractivity contribution in [2.24, 2.45) is 0 Å². The van der Waals surface area contributed by atoms with Crippen LogP contribution in [0.1, 0.15) is 24.0 Å². The van der Waals surface area contributed by atoms with E-state index in [-0.39, 0.29) is 18.5 Å². The van der Waals surface area contributed by atoms with Crippen LogP contribution >= 0.6 is 0 Å². The molecule has 1 amide bonds. The molecule has 0 bridgehead atoms. The van der Waals surface area contributed by atoms with Gasteiger partial charge in [0.1, 0.15) is 6.54 Å². The van der Waals surface area contributed by atoms with Gasteiger partial charge in [0.05, 0.1) is 5.69 Å². The molecule has 1 aliphatic rings. The minimum atomic E-state index is -0.416. The van der Waals surface area contributed by atoms with E-state index in [1.165, 1.54) is 10.2 Å². The number of para-hydroxylation sites is 1. The lowest BCUT2D eigenvalue weighted by atomic mass is 10.1. The zero-order chi connectivity index (χ0) is 18.8. The maximum atomic E-state index is 12.9. The molecule has 0 saturated heterocycles. The molecular formula is C20H21N5O2. The molecule has 0 aliphatic heterocycles. The van der Waals surface area contributed by atoms with Gasteiger partial charge >= 0.3 is 5.69 Å². The fourth-order valence-corrected chi connectivity index (χ4v) is 3.02. The number of rotatable bonds is 6. The number of amides is 1. The molecule has 0 radical (unpaired) electrons. The fourth-order valence-electron chi connectivity index (χ4n) is 3.02. The number of carbonyl (C=O) groups excluding carboxylic acids is 1. The number of tetrazole rings is 1. The van der Waals surface area contributed by atoms with Gasteiger partial charge in [0.15, 0.2) is 0 Å². The number of aromatic nitrogens is 4. The molecule has 0 N–H and O–H groups in total. The van der Waals surface area contributed by atoms with Gasteiger partial charge in [0.25, 0.3) is 0 Å². The Balaban J connectivity index is 1.51. The van der Waals surface area contributed by atoms with E-state index in [1.54, 1.807) is 12.1 Å². The normalized spacial score (nSPS) is 13.5. The van der Waals surface area contributed by atoms with Crippen molar-refractivity contribution in [3.05, 3.63) is 76.2 Å². The summed E-state index contributed by atoms with van der Waals surface area (Å²) in [6.45, 7) is 2.48. The summed E-state index contributed by atoms with van der Waals surface area (Å²) in [5.74, 6) is -0.111. The van der Waals surface area contributed by atoms with Gasteiger partial charge in [-0.1, -0.05) is 48.0 Å². The Bertz CT molecular complexity index is 987. The summed E-state index contributed by atoms with van der Waals surface area (Å²) in [5, 5.41) is 7.78. The third-order valence-electron chi connectivity index (χ3n) is 4.71. The van der Waals surface area contributed by atoms with Gasteiger partial charge in [-0.3, -0.25) is 4.79 Å². The molecule has 3 aromatic rings. The zero-order valence-corrected chi connectivity index (χ0v) is 15.2. The van der Waals surface area contributed by atoms with Crippen molar-refractivity contribution in [1.29, 1.82) is 0 Å². The Morgan fingerprint density at radius 3 is 2.44 bits per heavy atom. The number of benzene rings is 2. The number of hydrogen-bond donors (Lipinski definition) is 0. The molecule has 1 heterocycles. The van der Waals surface area contributed by atoms with Crippen LogP contribution in [0.2, 0.25) is 0 Å². The summed E-state index contributed by atoms with van der Waals surface area (Å²) in [6.07, 6.45) is 2.01. The average molecular weight is 363 g/mol. The van der Waals surface area contributed by atoms with Gasteiger partial charge in [0, 0.05) is 12.6 Å². The lowest BCUT2D eigenvalue weighted by Crippen LogP contribution is -2.38. The smallest absolute Gasteiger partial charge is 0.334 e. The Morgan fingerprint density at radius 1 is 1.07 bits per heavy atom. The molecule has 0 atom stereocenters. The number of hydrogen-bond acceptors (Lipinski definition) is 4. The van der Waals surface area contributed by atoms with E-state index in [0.29, 0.717) is 12.2 Å². The Morgan fingerprint density at radius 2 is 1.78 bits per heavy atom. The predicted molar refractivity (Wildman–Crippen MR) is 100 cm³/mol. The largest absolute Gasteiger partial charge is 0.368 e. The van der Waals surface area contributed by atoms with Crippen LogP contribution in [-0.4, -0.2) is 36.6 Å². The molecule has 1 aliphatic carbocycles. The quantitative estimate of drug-likeness (QED) is 0.671. The molecule has 1 fully saturated rings. The summed E-state index contributed by atoms with van der Waals surface area (Å²) >= 11 is 0. The van der Waals surface area contributed by atoms with Crippen LogP contribution in [0.5, 0.6) is 0 Å². The van der Waals surface area contributed by atoms with Gasteiger partial charge in [-0.05, 0) is 47.9 Å². The highest BCUT2D eigenvalue weighted by Gasteiger charge is 2.33. The maximum absolute atomic E-state index is 12.9. The summed E-state index contributed by atoms with van der Waals surface area (Å²) in [5.41, 5.74) is 2.48. The van der Waals surface area contributed by atoms with E-state index in [0.717, 1.165) is 23.1 Å². The van der Waals surface area contributed by atoms with E-state index in [4.69, 9.17) is 0 Å². The summed E-state index contributed by atoms with van der Waals surface area (Å²) in [4.78, 5) is 27.2. The first-order valence-corrected chi connectivity index (χ1v) is 9.05. The van der Waals surface area contributed by atoms with Crippen LogP contribution in [0.15, 0.2) is 59.4 Å². The number of carbonyl (C=O) groups is 1. The molecule has 4 rings (SSSR count). The molecule has 138 valence electrons. The van der Waals surface area contributed by atoms with Gasteiger partial charge < -0.3 is 4.90 Å². The molecule has 1 aromatic heterocycles. The Kier molecular flexibility index (Phi) is 4.58. The molecule has 7 heteroatoms. The monoisotopic (exact) mass is 363 g/mol. The van der Waals surface area contributed by atoms with Crippen LogP contribution < -0.4 is 5.69 Å². The second kappa shape index (κ2) is 7.19. The Labute approximate surface area is 156 Å². The molecule has 0 spiro atoms. The van der Waals surface area contributed by atoms with Crippen molar-refractivity contribution < 1.29 is 4.79 Å². The first kappa shape index (κ1) is 17.2. The van der Waals surface area contributed by atoms with Crippen molar-refractivity contribution in [2.75, 3.05) is 0 Å². The summed E-state index contributed by atoms with van der Waals surface area (Å²) in [6, 6.07) is 17.5. The van der Waals surface area contributed by atoms with E-state index in [9.17, 15) is 9.59 Å². The highest BCUT2D eigenvalue weighted by atomic mass is 16.2. The summed E-state index contributed by atoms with van der Waals surface area (Å²) < 4.78 is 2.33. The van der Waals surface area contributed by atoms with Gasteiger partial charge in [0.2, 0.25) is 5.91 Å². The van der Waals surface area contributed by atoms with Crippen molar-refractivity contribution in [2.45, 2.75) is 38.9 Å². The minimum absolute atomic E-state index is 0.103. The minimum Gasteiger partial charge on any atom is -0.334 e. The second-order valence-corrected chi connectivity index (χ2v) is 6.90. The van der Waals surface area contributed by atoms with Crippen LogP contribution in [0.4, 0.5) is 0 Å². The fraction of sp³-hybridized carbons (Fsp3) is 0.300. The van der Waals surface area contributed by atoms with Gasteiger partial charge in [-0.2, -0.15) is 9.36 Å². The van der Waals surface area contributed by atoms with Crippen LogP contribution in [0, 0.1) is 6.92 Å². The average Bonchev–Trinajstić information content (AvgIpc) is 3.46. The molecule has 7 nitrogen and oxygen atoms in total. The molecule has 2 aromatic carbocycles. The van der Waals surface area contributed by atoms with Crippen molar-refractivity contribution >= 4 is 5.91 Å². The van der Waals surface area contributed by atoms with Crippen molar-refractivity contribution in [3.63, 3.8) is 0 Å². The third-order valence-corrected chi connectivity index (χ3v) is 4.71. The van der Waals surface area contributed by atoms with Crippen LogP contribution in [0.25, 0.3) is 5.69 Å². The van der Waals surface area contributed by atoms with Crippen molar-refractivity contribution in [1.82, 2.24) is 24.7 Å².